The molecule has 18 heavy (non-hydrogen) atoms. The van der Waals surface area contributed by atoms with Gasteiger partial charge in [0, 0.05) is 18.6 Å². The molecule has 0 bridgehead atoms. The van der Waals surface area contributed by atoms with Gasteiger partial charge < -0.3 is 19.5 Å². The monoisotopic (exact) mass is 251 g/mol. The number of methoxy groups -OCH3 is 2. The van der Waals surface area contributed by atoms with Crippen LogP contribution in [0.3, 0.4) is 0 Å². The summed E-state index contributed by atoms with van der Waals surface area (Å²) in [6.45, 7) is 1.68. The van der Waals surface area contributed by atoms with Gasteiger partial charge in [-0.15, -0.1) is 0 Å². The van der Waals surface area contributed by atoms with Crippen LogP contribution in [0, 0.1) is 5.92 Å². The Morgan fingerprint density at radius 1 is 1.28 bits per heavy atom. The van der Waals surface area contributed by atoms with E-state index in [0.717, 1.165) is 31.1 Å². The Hall–Kier alpha value is -1.26. The highest BCUT2D eigenvalue weighted by molar-refractivity contribution is 5.44. The van der Waals surface area contributed by atoms with Crippen LogP contribution in [0.15, 0.2) is 18.2 Å². The lowest BCUT2D eigenvalue weighted by molar-refractivity contribution is 0.177. The van der Waals surface area contributed by atoms with Crippen molar-refractivity contribution in [2.75, 3.05) is 34.5 Å². The summed E-state index contributed by atoms with van der Waals surface area (Å²) in [4.78, 5) is 0. The van der Waals surface area contributed by atoms with Crippen LogP contribution in [0.2, 0.25) is 0 Å². The van der Waals surface area contributed by atoms with Crippen molar-refractivity contribution in [3.05, 3.63) is 23.8 Å². The Kier molecular flexibility index (Phi) is 4.44. The van der Waals surface area contributed by atoms with E-state index in [1.165, 1.54) is 5.56 Å². The number of hydrogen-bond acceptors (Lipinski definition) is 4. The molecule has 2 atom stereocenters. The first-order valence-electron chi connectivity index (χ1n) is 6.27. The second-order valence-electron chi connectivity index (χ2n) is 4.50. The van der Waals surface area contributed by atoms with Gasteiger partial charge in [0.25, 0.3) is 0 Å². The van der Waals surface area contributed by atoms with E-state index in [1.54, 1.807) is 14.2 Å². The second kappa shape index (κ2) is 6.07. The lowest BCUT2D eigenvalue weighted by atomic mass is 9.92. The minimum atomic E-state index is 0.298. The third-order valence-electron chi connectivity index (χ3n) is 3.51. The molecule has 0 aliphatic carbocycles. The fourth-order valence-corrected chi connectivity index (χ4v) is 2.54. The first kappa shape index (κ1) is 13.2. The van der Waals surface area contributed by atoms with Gasteiger partial charge in [-0.05, 0) is 31.2 Å². The molecular formula is C14H21NO3. The SMILES string of the molecule is CNC(c1ccc(OC)c(OC)c1)C1CCOC1. The van der Waals surface area contributed by atoms with Crippen LogP contribution in [0.1, 0.15) is 18.0 Å². The molecule has 0 amide bonds. The predicted molar refractivity (Wildman–Crippen MR) is 70.3 cm³/mol. The summed E-state index contributed by atoms with van der Waals surface area (Å²) in [5.41, 5.74) is 1.21. The molecule has 1 aromatic rings. The van der Waals surface area contributed by atoms with Crippen molar-refractivity contribution >= 4 is 0 Å². The molecule has 1 aromatic carbocycles. The van der Waals surface area contributed by atoms with E-state index in [9.17, 15) is 0 Å². The molecule has 2 rings (SSSR count). The zero-order chi connectivity index (χ0) is 13.0. The molecule has 4 nitrogen and oxygen atoms in total. The van der Waals surface area contributed by atoms with Crippen molar-refractivity contribution in [1.82, 2.24) is 5.32 Å². The zero-order valence-electron chi connectivity index (χ0n) is 11.2. The number of benzene rings is 1. The van der Waals surface area contributed by atoms with Crippen molar-refractivity contribution in [2.24, 2.45) is 5.92 Å². The topological polar surface area (TPSA) is 39.7 Å². The van der Waals surface area contributed by atoms with Gasteiger partial charge in [-0.3, -0.25) is 0 Å². The fourth-order valence-electron chi connectivity index (χ4n) is 2.54. The maximum absolute atomic E-state index is 5.47. The smallest absolute Gasteiger partial charge is 0.161 e. The molecular weight excluding hydrogens is 230 g/mol. The van der Waals surface area contributed by atoms with E-state index in [4.69, 9.17) is 14.2 Å². The Morgan fingerprint density at radius 2 is 2.06 bits per heavy atom. The largest absolute Gasteiger partial charge is 0.493 e. The van der Waals surface area contributed by atoms with Gasteiger partial charge in [-0.1, -0.05) is 6.07 Å². The van der Waals surface area contributed by atoms with Gasteiger partial charge in [-0.2, -0.15) is 0 Å². The number of hydrogen-bond donors (Lipinski definition) is 1. The average molecular weight is 251 g/mol. The molecule has 4 heteroatoms. The first-order valence-corrected chi connectivity index (χ1v) is 6.27. The van der Waals surface area contributed by atoms with Gasteiger partial charge >= 0.3 is 0 Å². The van der Waals surface area contributed by atoms with Gasteiger partial charge in [-0.25, -0.2) is 0 Å². The third-order valence-corrected chi connectivity index (χ3v) is 3.51. The van der Waals surface area contributed by atoms with E-state index in [2.05, 4.69) is 11.4 Å². The van der Waals surface area contributed by atoms with Crippen LogP contribution >= 0.6 is 0 Å². The van der Waals surface area contributed by atoms with Gasteiger partial charge in [0.1, 0.15) is 0 Å². The zero-order valence-corrected chi connectivity index (χ0v) is 11.2. The summed E-state index contributed by atoms with van der Waals surface area (Å²) in [6.07, 6.45) is 1.10. The molecule has 100 valence electrons. The number of rotatable bonds is 5. The van der Waals surface area contributed by atoms with Crippen molar-refractivity contribution < 1.29 is 14.2 Å². The van der Waals surface area contributed by atoms with E-state index in [-0.39, 0.29) is 0 Å². The van der Waals surface area contributed by atoms with Crippen molar-refractivity contribution in [1.29, 1.82) is 0 Å². The highest BCUT2D eigenvalue weighted by atomic mass is 16.5. The maximum atomic E-state index is 5.47. The fraction of sp³-hybridized carbons (Fsp3) is 0.571. The van der Waals surface area contributed by atoms with Crippen LogP contribution in [-0.2, 0) is 4.74 Å². The van der Waals surface area contributed by atoms with Crippen LogP contribution in [0.25, 0.3) is 0 Å². The molecule has 1 aliphatic rings. The normalized spacial score (nSPS) is 20.7. The average Bonchev–Trinajstić information content (AvgIpc) is 2.93. The standard InChI is InChI=1S/C14H21NO3/c1-15-14(11-6-7-18-9-11)10-4-5-12(16-2)13(8-10)17-3/h4-5,8,11,14-15H,6-7,9H2,1-3H3. The van der Waals surface area contributed by atoms with Crippen LogP contribution in [-0.4, -0.2) is 34.5 Å². The first-order chi connectivity index (χ1) is 8.80. The van der Waals surface area contributed by atoms with E-state index in [1.807, 2.05) is 19.2 Å². The Bertz CT molecular complexity index is 389. The number of ether oxygens (including phenoxy) is 3. The molecule has 0 saturated carbocycles. The molecule has 2 unspecified atom stereocenters. The van der Waals surface area contributed by atoms with E-state index < -0.39 is 0 Å². The molecule has 1 aliphatic heterocycles. The van der Waals surface area contributed by atoms with Crippen molar-refractivity contribution in [2.45, 2.75) is 12.5 Å². The molecule has 0 aromatic heterocycles. The van der Waals surface area contributed by atoms with E-state index in [0.29, 0.717) is 12.0 Å². The Balaban J connectivity index is 2.24. The second-order valence-corrected chi connectivity index (χ2v) is 4.50. The third kappa shape index (κ3) is 2.60. The Labute approximate surface area is 108 Å². The quantitative estimate of drug-likeness (QED) is 0.869. The van der Waals surface area contributed by atoms with Crippen LogP contribution in [0.4, 0.5) is 0 Å². The number of nitrogens with one attached hydrogen (secondary N) is 1. The van der Waals surface area contributed by atoms with Gasteiger partial charge in [0.2, 0.25) is 0 Å². The van der Waals surface area contributed by atoms with Gasteiger partial charge in [0.05, 0.1) is 20.8 Å². The van der Waals surface area contributed by atoms with E-state index >= 15 is 0 Å². The molecule has 0 spiro atoms. The lowest BCUT2D eigenvalue weighted by Gasteiger charge is -2.23. The summed E-state index contributed by atoms with van der Waals surface area (Å²) >= 11 is 0. The lowest BCUT2D eigenvalue weighted by Crippen LogP contribution is -2.25. The minimum absolute atomic E-state index is 0.298. The highest BCUT2D eigenvalue weighted by Gasteiger charge is 2.26. The summed E-state index contributed by atoms with van der Waals surface area (Å²) in [5, 5.41) is 3.37. The summed E-state index contributed by atoms with van der Waals surface area (Å²) in [5.74, 6) is 2.06. The van der Waals surface area contributed by atoms with Crippen LogP contribution in [0.5, 0.6) is 11.5 Å². The predicted octanol–water partition coefficient (Wildman–Crippen LogP) is 2.00. The van der Waals surface area contributed by atoms with Crippen molar-refractivity contribution in [3.63, 3.8) is 0 Å². The summed E-state index contributed by atoms with van der Waals surface area (Å²) < 4.78 is 16.1. The molecule has 1 heterocycles. The molecule has 1 N–H and O–H groups in total. The van der Waals surface area contributed by atoms with Crippen LogP contribution < -0.4 is 14.8 Å². The Morgan fingerprint density at radius 3 is 2.61 bits per heavy atom. The summed E-state index contributed by atoms with van der Waals surface area (Å²) in [7, 11) is 5.30. The molecule has 1 saturated heterocycles. The summed E-state index contributed by atoms with van der Waals surface area (Å²) in [6, 6.07) is 6.38. The van der Waals surface area contributed by atoms with Crippen molar-refractivity contribution in [3.8, 4) is 11.5 Å². The minimum Gasteiger partial charge on any atom is -0.493 e. The molecule has 1 fully saturated rings. The maximum Gasteiger partial charge on any atom is 0.161 e. The highest BCUT2D eigenvalue weighted by Crippen LogP contribution is 2.34. The molecule has 0 radical (unpaired) electrons. The van der Waals surface area contributed by atoms with Gasteiger partial charge in [0.15, 0.2) is 11.5 Å².